The second kappa shape index (κ2) is 8.02. The number of aliphatic hydroxyl groups excluding tert-OH is 1. The van der Waals surface area contributed by atoms with Gasteiger partial charge in [-0.05, 0) is 30.4 Å². The summed E-state index contributed by atoms with van der Waals surface area (Å²) in [7, 11) is 0. The number of fused-ring (bicyclic) bond motifs is 1. The lowest BCUT2D eigenvalue weighted by atomic mass is 9.86. The summed E-state index contributed by atoms with van der Waals surface area (Å²) in [6.07, 6.45) is 6.33. The Morgan fingerprint density at radius 1 is 1.48 bits per heavy atom. The molecule has 0 saturated carbocycles. The second-order valence-electron chi connectivity index (χ2n) is 6.64. The van der Waals surface area contributed by atoms with Gasteiger partial charge in [-0.2, -0.15) is 5.10 Å². The quantitative estimate of drug-likeness (QED) is 0.860. The third-order valence-electron chi connectivity index (χ3n) is 4.82. The van der Waals surface area contributed by atoms with Crippen LogP contribution in [0.4, 0.5) is 0 Å². The first-order valence-corrected chi connectivity index (χ1v) is 9.15. The van der Waals surface area contributed by atoms with Crippen molar-refractivity contribution in [3.8, 4) is 0 Å². The van der Waals surface area contributed by atoms with Gasteiger partial charge in [-0.3, -0.25) is 9.48 Å². The van der Waals surface area contributed by atoms with E-state index in [-0.39, 0.29) is 24.5 Å². The van der Waals surface area contributed by atoms with Gasteiger partial charge in [0, 0.05) is 12.7 Å². The van der Waals surface area contributed by atoms with Crippen molar-refractivity contribution in [2.45, 2.75) is 38.8 Å². The van der Waals surface area contributed by atoms with E-state index in [1.807, 2.05) is 24.0 Å². The summed E-state index contributed by atoms with van der Waals surface area (Å²) >= 11 is 5.90. The van der Waals surface area contributed by atoms with Gasteiger partial charge in [-0.15, -0.1) is 0 Å². The molecule has 6 heteroatoms. The van der Waals surface area contributed by atoms with E-state index in [0.29, 0.717) is 18.1 Å². The topological polar surface area (TPSA) is 58.4 Å². The molecule has 1 aromatic heterocycles. The first-order chi connectivity index (χ1) is 12.1. The molecule has 0 unspecified atom stereocenters. The molecular formula is C19H24ClN3O2. The number of carbonyl (C=O) groups is 1. The highest BCUT2D eigenvalue weighted by molar-refractivity contribution is 6.30. The number of halogens is 1. The fourth-order valence-corrected chi connectivity index (χ4v) is 3.82. The molecule has 1 aromatic carbocycles. The lowest BCUT2D eigenvalue weighted by molar-refractivity contribution is -0.139. The Morgan fingerprint density at radius 3 is 3.00 bits per heavy atom. The Balaban J connectivity index is 1.79. The van der Waals surface area contributed by atoms with Gasteiger partial charge in [-0.25, -0.2) is 0 Å². The van der Waals surface area contributed by atoms with Crippen LogP contribution in [0.2, 0.25) is 5.02 Å². The van der Waals surface area contributed by atoms with Crippen LogP contribution < -0.4 is 0 Å². The predicted molar refractivity (Wildman–Crippen MR) is 97.3 cm³/mol. The maximum atomic E-state index is 13.1. The summed E-state index contributed by atoms with van der Waals surface area (Å²) in [4.78, 5) is 14.9. The molecule has 1 N–H and O–H groups in total. The summed E-state index contributed by atoms with van der Waals surface area (Å²) in [5, 5.41) is 14.2. The highest BCUT2D eigenvalue weighted by atomic mass is 35.5. The normalized spacial score (nSPS) is 17.8. The third-order valence-corrected chi connectivity index (χ3v) is 5.02. The number of hydrogen-bond acceptors (Lipinski definition) is 3. The molecule has 3 rings (SSSR count). The van der Waals surface area contributed by atoms with Crippen LogP contribution in [0.1, 0.15) is 36.9 Å². The van der Waals surface area contributed by atoms with Crippen LogP contribution in [0, 0.1) is 5.92 Å². The van der Waals surface area contributed by atoms with Crippen LogP contribution in [0.3, 0.4) is 0 Å². The molecule has 0 saturated heterocycles. The molecule has 134 valence electrons. The maximum absolute atomic E-state index is 13.1. The molecule has 0 radical (unpaired) electrons. The number of carbonyl (C=O) groups excluding carboxylic acids is 1. The number of hydrogen-bond donors (Lipinski definition) is 1. The standard InChI is InChI=1S/C19H24ClN3O2/c1-14(12-22-13-16(20)11-21-22)19(25)23(9-10-24)18-8-4-6-15-5-2-3-7-17(15)18/h2-3,5,7,11,13-14,18,24H,4,6,8-10,12H2,1H3/t14-,18-/m1/s1. The fraction of sp³-hybridized carbons (Fsp3) is 0.474. The van der Waals surface area contributed by atoms with Crippen molar-refractivity contribution in [3.63, 3.8) is 0 Å². The number of aliphatic hydroxyl groups is 1. The van der Waals surface area contributed by atoms with E-state index in [1.54, 1.807) is 17.1 Å². The summed E-state index contributed by atoms with van der Waals surface area (Å²) in [5.41, 5.74) is 2.52. The zero-order valence-electron chi connectivity index (χ0n) is 14.4. The first-order valence-electron chi connectivity index (χ1n) is 8.77. The Morgan fingerprint density at radius 2 is 2.28 bits per heavy atom. The molecule has 2 atom stereocenters. The Hall–Kier alpha value is -1.85. The van der Waals surface area contributed by atoms with Crippen molar-refractivity contribution < 1.29 is 9.90 Å². The van der Waals surface area contributed by atoms with Crippen LogP contribution in [-0.4, -0.2) is 38.8 Å². The van der Waals surface area contributed by atoms with Crippen molar-refractivity contribution in [2.24, 2.45) is 5.92 Å². The van der Waals surface area contributed by atoms with Crippen molar-refractivity contribution >= 4 is 17.5 Å². The summed E-state index contributed by atoms with van der Waals surface area (Å²) in [5.74, 6) is -0.195. The summed E-state index contributed by atoms with van der Waals surface area (Å²) < 4.78 is 1.69. The van der Waals surface area contributed by atoms with E-state index in [2.05, 4.69) is 17.2 Å². The van der Waals surface area contributed by atoms with E-state index >= 15 is 0 Å². The molecule has 1 heterocycles. The number of rotatable bonds is 6. The van der Waals surface area contributed by atoms with Crippen molar-refractivity contribution in [1.82, 2.24) is 14.7 Å². The van der Waals surface area contributed by atoms with E-state index in [4.69, 9.17) is 11.6 Å². The van der Waals surface area contributed by atoms with Crippen molar-refractivity contribution in [3.05, 3.63) is 52.8 Å². The highest BCUT2D eigenvalue weighted by Crippen LogP contribution is 2.35. The first kappa shape index (κ1) is 18.0. The highest BCUT2D eigenvalue weighted by Gasteiger charge is 2.31. The zero-order chi connectivity index (χ0) is 17.8. The lowest BCUT2D eigenvalue weighted by Crippen LogP contribution is -2.42. The molecule has 1 aliphatic rings. The average Bonchev–Trinajstić information content (AvgIpc) is 3.03. The number of aryl methyl sites for hydroxylation is 1. The Kier molecular flexibility index (Phi) is 5.76. The smallest absolute Gasteiger partial charge is 0.227 e. The van der Waals surface area contributed by atoms with Gasteiger partial charge >= 0.3 is 0 Å². The SMILES string of the molecule is C[C@H](Cn1cc(Cl)cn1)C(=O)N(CCO)[C@@H]1CCCc2ccccc21. The molecule has 0 aliphatic heterocycles. The number of nitrogens with zero attached hydrogens (tertiary/aromatic N) is 3. The number of amides is 1. The Labute approximate surface area is 153 Å². The molecular weight excluding hydrogens is 338 g/mol. The molecule has 1 aliphatic carbocycles. The maximum Gasteiger partial charge on any atom is 0.227 e. The predicted octanol–water partition coefficient (Wildman–Crippen LogP) is 3.07. The van der Waals surface area contributed by atoms with Gasteiger partial charge in [0.15, 0.2) is 0 Å². The van der Waals surface area contributed by atoms with Crippen molar-refractivity contribution in [1.29, 1.82) is 0 Å². The molecule has 0 bridgehead atoms. The van der Waals surface area contributed by atoms with E-state index in [0.717, 1.165) is 19.3 Å². The van der Waals surface area contributed by atoms with E-state index < -0.39 is 0 Å². The summed E-state index contributed by atoms with van der Waals surface area (Å²) in [6, 6.07) is 8.35. The molecule has 1 amide bonds. The van der Waals surface area contributed by atoms with Crippen LogP contribution in [0.5, 0.6) is 0 Å². The van der Waals surface area contributed by atoms with Gasteiger partial charge in [-0.1, -0.05) is 42.8 Å². The fourth-order valence-electron chi connectivity index (χ4n) is 3.66. The van der Waals surface area contributed by atoms with Gasteiger partial charge in [0.05, 0.1) is 36.3 Å². The monoisotopic (exact) mass is 361 g/mol. The molecule has 25 heavy (non-hydrogen) atoms. The molecule has 2 aromatic rings. The average molecular weight is 362 g/mol. The Bertz CT molecular complexity index is 731. The minimum absolute atomic E-state index is 0.0354. The van der Waals surface area contributed by atoms with Gasteiger partial charge < -0.3 is 10.0 Å². The van der Waals surface area contributed by atoms with Crippen molar-refractivity contribution in [2.75, 3.05) is 13.2 Å². The van der Waals surface area contributed by atoms with E-state index in [9.17, 15) is 9.90 Å². The van der Waals surface area contributed by atoms with Gasteiger partial charge in [0.1, 0.15) is 0 Å². The molecule has 0 spiro atoms. The van der Waals surface area contributed by atoms with Gasteiger partial charge in [0.25, 0.3) is 0 Å². The van der Waals surface area contributed by atoms with E-state index in [1.165, 1.54) is 11.1 Å². The number of benzene rings is 1. The largest absolute Gasteiger partial charge is 0.395 e. The number of aromatic nitrogens is 2. The zero-order valence-corrected chi connectivity index (χ0v) is 15.2. The summed E-state index contributed by atoms with van der Waals surface area (Å²) in [6.45, 7) is 2.69. The second-order valence-corrected chi connectivity index (χ2v) is 7.08. The minimum Gasteiger partial charge on any atom is -0.395 e. The minimum atomic E-state index is -0.239. The molecule has 5 nitrogen and oxygen atoms in total. The lowest BCUT2D eigenvalue weighted by Gasteiger charge is -2.37. The third kappa shape index (κ3) is 4.05. The van der Waals surface area contributed by atoms with Crippen LogP contribution in [0.25, 0.3) is 0 Å². The van der Waals surface area contributed by atoms with Gasteiger partial charge in [0.2, 0.25) is 5.91 Å². The van der Waals surface area contributed by atoms with Crippen LogP contribution >= 0.6 is 11.6 Å². The molecule has 0 fully saturated rings. The van der Waals surface area contributed by atoms with Crippen LogP contribution in [0.15, 0.2) is 36.7 Å². The van der Waals surface area contributed by atoms with Crippen LogP contribution in [-0.2, 0) is 17.8 Å².